The Bertz CT molecular complexity index is 411. The number of hydrogen-bond donors (Lipinski definition) is 0. The molecule has 0 radical (unpaired) electrons. The van der Waals surface area contributed by atoms with Crippen LogP contribution in [0.3, 0.4) is 0 Å². The summed E-state index contributed by atoms with van der Waals surface area (Å²) in [7, 11) is 1.61. The van der Waals surface area contributed by atoms with E-state index in [0.29, 0.717) is 22.3 Å². The number of rotatable bonds is 5. The monoisotopic (exact) mass is 252 g/mol. The standard InChI is InChI=1S/C14H20O2S/c1-9(2)17-8-13(15)12-6-10(3)11(4)7-14(12)16-5/h6-7,9H,8H2,1-5H3. The smallest absolute Gasteiger partial charge is 0.176 e. The van der Waals surface area contributed by atoms with E-state index >= 15 is 0 Å². The number of ether oxygens (including phenoxy) is 1. The highest BCUT2D eigenvalue weighted by molar-refractivity contribution is 8.00. The predicted octanol–water partition coefficient (Wildman–Crippen LogP) is 3.64. The predicted molar refractivity (Wildman–Crippen MR) is 74.4 cm³/mol. The Hall–Kier alpha value is -0.960. The van der Waals surface area contributed by atoms with Crippen molar-refractivity contribution in [3.05, 3.63) is 28.8 Å². The second kappa shape index (κ2) is 6.10. The highest BCUT2D eigenvalue weighted by Crippen LogP contribution is 2.25. The van der Waals surface area contributed by atoms with Crippen molar-refractivity contribution >= 4 is 17.5 Å². The molecule has 0 aliphatic rings. The number of carbonyl (C=O) groups is 1. The maximum atomic E-state index is 12.1. The summed E-state index contributed by atoms with van der Waals surface area (Å²) in [6.07, 6.45) is 0. The SMILES string of the molecule is COc1cc(C)c(C)cc1C(=O)CSC(C)C. The zero-order valence-electron chi connectivity index (χ0n) is 11.2. The van der Waals surface area contributed by atoms with Crippen molar-refractivity contribution in [2.24, 2.45) is 0 Å². The summed E-state index contributed by atoms with van der Waals surface area (Å²) in [4.78, 5) is 12.1. The Kier molecular flexibility index (Phi) is 5.06. The van der Waals surface area contributed by atoms with Crippen molar-refractivity contribution in [3.63, 3.8) is 0 Å². The molecule has 0 saturated heterocycles. The Morgan fingerprint density at radius 2 is 1.88 bits per heavy atom. The van der Waals surface area contributed by atoms with Gasteiger partial charge in [0.05, 0.1) is 18.4 Å². The number of ketones is 1. The quantitative estimate of drug-likeness (QED) is 0.748. The van der Waals surface area contributed by atoms with E-state index in [0.717, 1.165) is 11.1 Å². The van der Waals surface area contributed by atoms with Crippen molar-refractivity contribution in [1.82, 2.24) is 0 Å². The lowest BCUT2D eigenvalue weighted by molar-refractivity contribution is 0.101. The molecule has 0 saturated carbocycles. The summed E-state index contributed by atoms with van der Waals surface area (Å²) in [5, 5.41) is 0.469. The molecule has 94 valence electrons. The molecule has 0 heterocycles. The Morgan fingerprint density at radius 1 is 1.29 bits per heavy atom. The van der Waals surface area contributed by atoms with E-state index < -0.39 is 0 Å². The van der Waals surface area contributed by atoms with Gasteiger partial charge >= 0.3 is 0 Å². The number of methoxy groups -OCH3 is 1. The lowest BCUT2D eigenvalue weighted by atomic mass is 10.0. The van der Waals surface area contributed by atoms with E-state index in [9.17, 15) is 4.79 Å². The van der Waals surface area contributed by atoms with Crippen LogP contribution in [-0.4, -0.2) is 23.9 Å². The number of thioether (sulfide) groups is 1. The van der Waals surface area contributed by atoms with Crippen LogP contribution in [-0.2, 0) is 0 Å². The maximum Gasteiger partial charge on any atom is 0.176 e. The van der Waals surface area contributed by atoms with Crippen molar-refractivity contribution in [2.45, 2.75) is 32.9 Å². The zero-order chi connectivity index (χ0) is 13.0. The van der Waals surface area contributed by atoms with Gasteiger partial charge in [-0.2, -0.15) is 11.8 Å². The van der Waals surface area contributed by atoms with Gasteiger partial charge in [0.2, 0.25) is 0 Å². The van der Waals surface area contributed by atoms with E-state index in [-0.39, 0.29) is 5.78 Å². The van der Waals surface area contributed by atoms with Crippen LogP contribution in [0.5, 0.6) is 5.75 Å². The molecule has 0 N–H and O–H groups in total. The average Bonchev–Trinajstić information content (AvgIpc) is 2.28. The molecule has 0 bridgehead atoms. The van der Waals surface area contributed by atoms with Crippen LogP contribution < -0.4 is 4.74 Å². The molecule has 0 aliphatic heterocycles. The molecule has 3 heteroatoms. The first kappa shape index (κ1) is 14.1. The molecule has 0 fully saturated rings. The number of benzene rings is 1. The van der Waals surface area contributed by atoms with Gasteiger partial charge < -0.3 is 4.74 Å². The first-order chi connectivity index (χ1) is 7.95. The number of hydrogen-bond acceptors (Lipinski definition) is 3. The minimum atomic E-state index is 0.142. The highest BCUT2D eigenvalue weighted by Gasteiger charge is 2.14. The van der Waals surface area contributed by atoms with Crippen molar-refractivity contribution in [3.8, 4) is 5.75 Å². The third-order valence-corrected chi connectivity index (χ3v) is 3.76. The molecule has 0 aromatic heterocycles. The number of carbonyl (C=O) groups excluding carboxylic acids is 1. The second-order valence-electron chi connectivity index (χ2n) is 4.42. The van der Waals surface area contributed by atoms with E-state index in [1.807, 2.05) is 26.0 Å². The van der Waals surface area contributed by atoms with Gasteiger partial charge in [-0.3, -0.25) is 4.79 Å². The number of aryl methyl sites for hydroxylation is 2. The first-order valence-electron chi connectivity index (χ1n) is 5.75. The molecule has 0 unspecified atom stereocenters. The van der Waals surface area contributed by atoms with E-state index in [4.69, 9.17) is 4.74 Å². The number of Topliss-reactive ketones (excluding diaryl/α,β-unsaturated/α-hetero) is 1. The van der Waals surface area contributed by atoms with Crippen LogP contribution in [0.1, 0.15) is 35.3 Å². The summed E-state index contributed by atoms with van der Waals surface area (Å²) < 4.78 is 5.28. The largest absolute Gasteiger partial charge is 0.496 e. The normalized spacial score (nSPS) is 10.7. The molecule has 1 aromatic rings. The lowest BCUT2D eigenvalue weighted by Crippen LogP contribution is -2.08. The molecule has 2 nitrogen and oxygen atoms in total. The molecule has 1 aromatic carbocycles. The molecular weight excluding hydrogens is 232 g/mol. The van der Waals surface area contributed by atoms with Crippen molar-refractivity contribution < 1.29 is 9.53 Å². The molecule has 1 rings (SSSR count). The average molecular weight is 252 g/mol. The molecule has 0 aliphatic carbocycles. The maximum absolute atomic E-state index is 12.1. The Labute approximate surface area is 108 Å². The molecule has 0 atom stereocenters. The summed E-state index contributed by atoms with van der Waals surface area (Å²) in [5.41, 5.74) is 2.97. The first-order valence-corrected chi connectivity index (χ1v) is 6.80. The van der Waals surface area contributed by atoms with E-state index in [1.165, 1.54) is 0 Å². The van der Waals surface area contributed by atoms with Crippen LogP contribution in [0.4, 0.5) is 0 Å². The lowest BCUT2D eigenvalue weighted by Gasteiger charge is -2.11. The minimum Gasteiger partial charge on any atom is -0.496 e. The van der Waals surface area contributed by atoms with Crippen LogP contribution in [0, 0.1) is 13.8 Å². The third-order valence-electron chi connectivity index (χ3n) is 2.66. The van der Waals surface area contributed by atoms with Crippen molar-refractivity contribution in [2.75, 3.05) is 12.9 Å². The fourth-order valence-electron chi connectivity index (χ4n) is 1.50. The van der Waals surface area contributed by atoms with Crippen LogP contribution in [0.25, 0.3) is 0 Å². The summed E-state index contributed by atoms with van der Waals surface area (Å²) in [6.45, 7) is 8.22. The zero-order valence-corrected chi connectivity index (χ0v) is 12.0. The second-order valence-corrected chi connectivity index (χ2v) is 5.98. The van der Waals surface area contributed by atoms with Crippen LogP contribution in [0.2, 0.25) is 0 Å². The van der Waals surface area contributed by atoms with Gasteiger partial charge in [-0.15, -0.1) is 0 Å². The van der Waals surface area contributed by atoms with Gasteiger partial charge in [0.25, 0.3) is 0 Å². The molecule has 0 amide bonds. The summed E-state index contributed by atoms with van der Waals surface area (Å²) in [5.74, 6) is 1.34. The summed E-state index contributed by atoms with van der Waals surface area (Å²) >= 11 is 1.66. The van der Waals surface area contributed by atoms with Gasteiger partial charge in [-0.1, -0.05) is 13.8 Å². The van der Waals surface area contributed by atoms with Gasteiger partial charge in [-0.05, 0) is 42.4 Å². The van der Waals surface area contributed by atoms with E-state index in [2.05, 4.69) is 13.8 Å². The Balaban J connectivity index is 2.96. The van der Waals surface area contributed by atoms with Gasteiger partial charge in [-0.25, -0.2) is 0 Å². The van der Waals surface area contributed by atoms with Crippen molar-refractivity contribution in [1.29, 1.82) is 0 Å². The molecular formula is C14H20O2S. The van der Waals surface area contributed by atoms with Gasteiger partial charge in [0, 0.05) is 0 Å². The van der Waals surface area contributed by atoms with Crippen LogP contribution in [0.15, 0.2) is 12.1 Å². The summed E-state index contributed by atoms with van der Waals surface area (Å²) in [6, 6.07) is 3.86. The van der Waals surface area contributed by atoms with E-state index in [1.54, 1.807) is 18.9 Å². The van der Waals surface area contributed by atoms with Crippen LogP contribution >= 0.6 is 11.8 Å². The van der Waals surface area contributed by atoms with Gasteiger partial charge in [0.15, 0.2) is 5.78 Å². The molecule has 17 heavy (non-hydrogen) atoms. The fraction of sp³-hybridized carbons (Fsp3) is 0.500. The highest BCUT2D eigenvalue weighted by atomic mass is 32.2. The molecule has 0 spiro atoms. The van der Waals surface area contributed by atoms with Gasteiger partial charge in [0.1, 0.15) is 5.75 Å². The third kappa shape index (κ3) is 3.77. The Morgan fingerprint density at radius 3 is 2.41 bits per heavy atom. The minimum absolute atomic E-state index is 0.142. The fourth-order valence-corrected chi connectivity index (χ4v) is 2.14. The topological polar surface area (TPSA) is 26.3 Å².